The van der Waals surface area contributed by atoms with Crippen molar-refractivity contribution in [3.8, 4) is 0 Å². The highest BCUT2D eigenvalue weighted by Gasteiger charge is 2.25. The molecule has 2 heterocycles. The highest BCUT2D eigenvalue weighted by molar-refractivity contribution is 7.91. The monoisotopic (exact) mass is 282 g/mol. The van der Waals surface area contributed by atoms with E-state index < -0.39 is 9.84 Å². The largest absolute Gasteiger partial charge is 0.350 e. The smallest absolute Gasteiger partial charge is 0.220 e. The van der Waals surface area contributed by atoms with Crippen LogP contribution in [0.15, 0.2) is 24.4 Å². The molecule has 104 valence electrons. The molecule has 6 heteroatoms. The van der Waals surface area contributed by atoms with Gasteiger partial charge < -0.3 is 5.32 Å². The van der Waals surface area contributed by atoms with Crippen LogP contribution in [0.5, 0.6) is 0 Å². The Morgan fingerprint density at radius 2 is 2.05 bits per heavy atom. The van der Waals surface area contributed by atoms with E-state index in [2.05, 4.69) is 10.3 Å². The second kappa shape index (κ2) is 6.14. The van der Waals surface area contributed by atoms with Crippen molar-refractivity contribution in [1.82, 2.24) is 10.3 Å². The average molecular weight is 282 g/mol. The molecule has 0 radical (unpaired) electrons. The summed E-state index contributed by atoms with van der Waals surface area (Å²) in [6, 6.07) is 5.56. The first kappa shape index (κ1) is 14.0. The molecule has 1 fully saturated rings. The lowest BCUT2D eigenvalue weighted by Gasteiger charge is -2.21. The fourth-order valence-corrected chi connectivity index (χ4v) is 3.76. The lowest BCUT2D eigenvalue weighted by molar-refractivity contribution is -0.122. The third-order valence-corrected chi connectivity index (χ3v) is 5.06. The summed E-state index contributed by atoms with van der Waals surface area (Å²) in [7, 11) is -2.85. The van der Waals surface area contributed by atoms with Crippen LogP contribution >= 0.6 is 0 Å². The molecule has 0 saturated carbocycles. The highest BCUT2D eigenvalue weighted by Crippen LogP contribution is 2.21. The summed E-state index contributed by atoms with van der Waals surface area (Å²) in [5, 5.41) is 2.82. The fourth-order valence-electron chi connectivity index (χ4n) is 2.17. The molecule has 19 heavy (non-hydrogen) atoms. The van der Waals surface area contributed by atoms with Crippen LogP contribution in [-0.2, 0) is 21.2 Å². The fraction of sp³-hybridized carbons (Fsp3) is 0.538. The molecule has 1 saturated heterocycles. The molecule has 0 aliphatic carbocycles. The maximum atomic E-state index is 11.8. The second-order valence-electron chi connectivity index (χ2n) is 4.90. The summed E-state index contributed by atoms with van der Waals surface area (Å²) >= 11 is 0. The Balaban J connectivity index is 1.73. The van der Waals surface area contributed by atoms with Crippen molar-refractivity contribution in [2.75, 3.05) is 11.5 Å². The van der Waals surface area contributed by atoms with Crippen LogP contribution < -0.4 is 5.32 Å². The molecule has 5 nitrogen and oxygen atoms in total. The van der Waals surface area contributed by atoms with Gasteiger partial charge in [-0.25, -0.2) is 8.42 Å². The van der Waals surface area contributed by atoms with E-state index in [1.165, 1.54) is 0 Å². The van der Waals surface area contributed by atoms with Crippen LogP contribution in [0, 0.1) is 5.92 Å². The van der Waals surface area contributed by atoms with Crippen LogP contribution in [0.3, 0.4) is 0 Å². The van der Waals surface area contributed by atoms with Crippen molar-refractivity contribution in [2.45, 2.75) is 25.8 Å². The molecule has 1 N–H and O–H groups in total. The third-order valence-electron chi connectivity index (χ3n) is 3.34. The first-order chi connectivity index (χ1) is 9.05. The molecule has 2 rings (SSSR count). The molecule has 0 bridgehead atoms. The molecular formula is C13H18N2O3S. The summed E-state index contributed by atoms with van der Waals surface area (Å²) in [5.41, 5.74) is 0.821. The zero-order valence-electron chi connectivity index (χ0n) is 10.7. The van der Waals surface area contributed by atoms with Gasteiger partial charge in [0.2, 0.25) is 5.91 Å². The Labute approximate surface area is 113 Å². The van der Waals surface area contributed by atoms with Crippen molar-refractivity contribution in [2.24, 2.45) is 5.92 Å². The first-order valence-corrected chi connectivity index (χ1v) is 8.24. The number of sulfone groups is 1. The SMILES string of the molecule is O=C(CC1CCS(=O)(=O)CC1)NCc1ccccn1. The summed E-state index contributed by atoms with van der Waals surface area (Å²) in [4.78, 5) is 15.9. The van der Waals surface area contributed by atoms with Crippen molar-refractivity contribution >= 4 is 15.7 Å². The van der Waals surface area contributed by atoms with E-state index in [0.29, 0.717) is 25.8 Å². The Bertz CT molecular complexity index is 514. The van der Waals surface area contributed by atoms with E-state index in [1.54, 1.807) is 6.20 Å². The molecule has 1 aromatic heterocycles. The van der Waals surface area contributed by atoms with Crippen molar-refractivity contribution in [3.05, 3.63) is 30.1 Å². The van der Waals surface area contributed by atoms with Gasteiger partial charge in [0, 0.05) is 12.6 Å². The van der Waals surface area contributed by atoms with Crippen molar-refractivity contribution in [1.29, 1.82) is 0 Å². The van der Waals surface area contributed by atoms with Gasteiger partial charge in [-0.3, -0.25) is 9.78 Å². The minimum Gasteiger partial charge on any atom is -0.350 e. The highest BCUT2D eigenvalue weighted by atomic mass is 32.2. The number of pyridine rings is 1. The number of hydrogen-bond donors (Lipinski definition) is 1. The van der Waals surface area contributed by atoms with Gasteiger partial charge in [0.1, 0.15) is 9.84 Å². The van der Waals surface area contributed by atoms with Gasteiger partial charge in [-0.05, 0) is 30.9 Å². The standard InChI is InChI=1S/C13H18N2O3S/c16-13(15-10-12-3-1-2-6-14-12)9-11-4-7-19(17,18)8-5-11/h1-3,6,11H,4-5,7-10H2,(H,15,16). The van der Waals surface area contributed by atoms with Crippen LogP contribution in [0.2, 0.25) is 0 Å². The summed E-state index contributed by atoms with van der Waals surface area (Å²) < 4.78 is 22.6. The molecule has 0 spiro atoms. The van der Waals surface area contributed by atoms with E-state index in [9.17, 15) is 13.2 Å². The number of nitrogens with one attached hydrogen (secondary N) is 1. The zero-order valence-corrected chi connectivity index (χ0v) is 11.5. The number of rotatable bonds is 4. The molecule has 0 unspecified atom stereocenters. The van der Waals surface area contributed by atoms with Gasteiger partial charge in [-0.2, -0.15) is 0 Å². The van der Waals surface area contributed by atoms with Crippen molar-refractivity contribution in [3.63, 3.8) is 0 Å². The lowest BCUT2D eigenvalue weighted by atomic mass is 9.98. The normalized spacial score (nSPS) is 18.9. The maximum absolute atomic E-state index is 11.8. The van der Waals surface area contributed by atoms with E-state index in [1.807, 2.05) is 18.2 Å². The first-order valence-electron chi connectivity index (χ1n) is 6.42. The van der Waals surface area contributed by atoms with E-state index in [4.69, 9.17) is 0 Å². The number of aromatic nitrogens is 1. The van der Waals surface area contributed by atoms with Gasteiger partial charge in [-0.15, -0.1) is 0 Å². The predicted octanol–water partition coefficient (Wildman–Crippen LogP) is 0.913. The quantitative estimate of drug-likeness (QED) is 0.890. The van der Waals surface area contributed by atoms with Gasteiger partial charge in [-0.1, -0.05) is 6.07 Å². The van der Waals surface area contributed by atoms with Crippen LogP contribution in [-0.4, -0.2) is 30.8 Å². The van der Waals surface area contributed by atoms with Gasteiger partial charge in [0.25, 0.3) is 0 Å². The Hall–Kier alpha value is -1.43. The minimum absolute atomic E-state index is 0.0325. The Kier molecular flexibility index (Phi) is 4.52. The molecule has 1 aliphatic heterocycles. The van der Waals surface area contributed by atoms with E-state index in [0.717, 1.165) is 5.69 Å². The number of carbonyl (C=O) groups excluding carboxylic acids is 1. The second-order valence-corrected chi connectivity index (χ2v) is 7.20. The summed E-state index contributed by atoms with van der Waals surface area (Å²) in [6.45, 7) is 0.421. The summed E-state index contributed by atoms with van der Waals surface area (Å²) in [5.74, 6) is 0.582. The van der Waals surface area contributed by atoms with Crippen molar-refractivity contribution < 1.29 is 13.2 Å². The summed E-state index contributed by atoms with van der Waals surface area (Å²) in [6.07, 6.45) is 3.29. The molecule has 0 aromatic carbocycles. The van der Waals surface area contributed by atoms with Crippen LogP contribution in [0.25, 0.3) is 0 Å². The molecule has 1 amide bonds. The van der Waals surface area contributed by atoms with Gasteiger partial charge in [0.05, 0.1) is 23.7 Å². The molecule has 1 aliphatic rings. The molecular weight excluding hydrogens is 264 g/mol. The maximum Gasteiger partial charge on any atom is 0.220 e. The van der Waals surface area contributed by atoms with Crippen LogP contribution in [0.4, 0.5) is 0 Å². The number of hydrogen-bond acceptors (Lipinski definition) is 4. The Morgan fingerprint density at radius 3 is 2.68 bits per heavy atom. The zero-order chi connectivity index (χ0) is 13.7. The number of carbonyl (C=O) groups is 1. The van der Waals surface area contributed by atoms with E-state index >= 15 is 0 Å². The average Bonchev–Trinajstić information content (AvgIpc) is 2.40. The topological polar surface area (TPSA) is 76.1 Å². The van der Waals surface area contributed by atoms with Gasteiger partial charge >= 0.3 is 0 Å². The minimum atomic E-state index is -2.85. The molecule has 0 atom stereocenters. The van der Waals surface area contributed by atoms with E-state index in [-0.39, 0.29) is 23.3 Å². The predicted molar refractivity (Wildman–Crippen MR) is 72.1 cm³/mol. The lowest BCUT2D eigenvalue weighted by Crippen LogP contribution is -2.29. The Morgan fingerprint density at radius 1 is 1.32 bits per heavy atom. The third kappa shape index (κ3) is 4.63. The number of nitrogens with zero attached hydrogens (tertiary/aromatic N) is 1. The van der Waals surface area contributed by atoms with Crippen LogP contribution in [0.1, 0.15) is 25.0 Å². The number of amides is 1. The molecule has 1 aromatic rings. The van der Waals surface area contributed by atoms with Gasteiger partial charge in [0.15, 0.2) is 0 Å².